The van der Waals surface area contributed by atoms with E-state index < -0.39 is 0 Å². The number of amides is 1. The molecule has 2 heterocycles. The van der Waals surface area contributed by atoms with Gasteiger partial charge in [-0.1, -0.05) is 13.8 Å². The maximum atomic E-state index is 12.1. The van der Waals surface area contributed by atoms with E-state index in [0.29, 0.717) is 11.8 Å². The second kappa shape index (κ2) is 5.83. The molecule has 98 valence electrons. The Balaban J connectivity index is 1.73. The highest BCUT2D eigenvalue weighted by Gasteiger charge is 2.31. The molecule has 2 fully saturated rings. The van der Waals surface area contributed by atoms with E-state index in [9.17, 15) is 4.79 Å². The van der Waals surface area contributed by atoms with E-state index in [1.807, 2.05) is 4.90 Å². The van der Waals surface area contributed by atoms with Crippen LogP contribution < -0.4 is 5.32 Å². The molecule has 0 aliphatic carbocycles. The van der Waals surface area contributed by atoms with Crippen molar-refractivity contribution >= 4 is 5.91 Å². The molecule has 0 saturated carbocycles. The summed E-state index contributed by atoms with van der Waals surface area (Å²) in [4.78, 5) is 16.5. The van der Waals surface area contributed by atoms with Gasteiger partial charge in [-0.3, -0.25) is 10.1 Å². The summed E-state index contributed by atoms with van der Waals surface area (Å²) in [7, 11) is 0. The zero-order valence-electron chi connectivity index (χ0n) is 11.1. The number of nitrogens with one attached hydrogen (secondary N) is 1. The summed E-state index contributed by atoms with van der Waals surface area (Å²) in [6, 6.07) is 0.0635. The standard InChI is InChI=1S/C13H25N3O/c1-11(2)9-12-13(17)16(10-14-12)8-7-15-5-3-4-6-15/h11-12,14H,3-10H2,1-2H3. The fraction of sp³-hybridized carbons (Fsp3) is 0.923. The van der Waals surface area contributed by atoms with Crippen molar-refractivity contribution in [1.29, 1.82) is 0 Å². The first-order valence-electron chi connectivity index (χ1n) is 6.91. The molecule has 0 bridgehead atoms. The van der Waals surface area contributed by atoms with Gasteiger partial charge in [-0.05, 0) is 38.3 Å². The minimum atomic E-state index is 0.0635. The molecule has 1 amide bonds. The second-order valence-corrected chi connectivity index (χ2v) is 5.69. The van der Waals surface area contributed by atoms with Gasteiger partial charge < -0.3 is 9.80 Å². The predicted octanol–water partition coefficient (Wildman–Crippen LogP) is 0.886. The van der Waals surface area contributed by atoms with E-state index in [-0.39, 0.29) is 6.04 Å². The number of hydrogen-bond acceptors (Lipinski definition) is 3. The van der Waals surface area contributed by atoms with Crippen LogP contribution in [0.2, 0.25) is 0 Å². The van der Waals surface area contributed by atoms with Gasteiger partial charge in [0.2, 0.25) is 5.91 Å². The summed E-state index contributed by atoms with van der Waals surface area (Å²) < 4.78 is 0. The van der Waals surface area contributed by atoms with Crippen LogP contribution in [0.3, 0.4) is 0 Å². The molecular weight excluding hydrogens is 214 g/mol. The number of carbonyl (C=O) groups excluding carboxylic acids is 1. The van der Waals surface area contributed by atoms with Crippen LogP contribution in [0.5, 0.6) is 0 Å². The third kappa shape index (κ3) is 3.42. The van der Waals surface area contributed by atoms with E-state index >= 15 is 0 Å². The zero-order chi connectivity index (χ0) is 12.3. The van der Waals surface area contributed by atoms with Gasteiger partial charge in [-0.15, -0.1) is 0 Å². The largest absolute Gasteiger partial charge is 0.327 e. The highest BCUT2D eigenvalue weighted by molar-refractivity contribution is 5.83. The minimum absolute atomic E-state index is 0.0635. The van der Waals surface area contributed by atoms with Gasteiger partial charge in [0.15, 0.2) is 0 Å². The minimum Gasteiger partial charge on any atom is -0.327 e. The first-order chi connectivity index (χ1) is 8.16. The van der Waals surface area contributed by atoms with Gasteiger partial charge in [0, 0.05) is 13.1 Å². The number of hydrogen-bond donors (Lipinski definition) is 1. The van der Waals surface area contributed by atoms with E-state index in [1.165, 1.54) is 25.9 Å². The SMILES string of the molecule is CC(C)CC1NCN(CCN2CCCC2)C1=O. The Labute approximate surface area is 104 Å². The molecule has 1 atom stereocenters. The Morgan fingerprint density at radius 1 is 1.29 bits per heavy atom. The van der Waals surface area contributed by atoms with Gasteiger partial charge in [0.25, 0.3) is 0 Å². The summed E-state index contributed by atoms with van der Waals surface area (Å²) in [5, 5.41) is 3.32. The Hall–Kier alpha value is -0.610. The molecule has 2 saturated heterocycles. The van der Waals surface area contributed by atoms with Crippen LogP contribution in [-0.2, 0) is 4.79 Å². The highest BCUT2D eigenvalue weighted by Crippen LogP contribution is 2.13. The molecule has 2 rings (SSSR count). The maximum Gasteiger partial charge on any atom is 0.240 e. The number of carbonyl (C=O) groups is 1. The van der Waals surface area contributed by atoms with Gasteiger partial charge >= 0.3 is 0 Å². The third-order valence-electron chi connectivity index (χ3n) is 3.73. The molecule has 0 aromatic carbocycles. The Morgan fingerprint density at radius 3 is 2.65 bits per heavy atom. The van der Waals surface area contributed by atoms with Crippen molar-refractivity contribution < 1.29 is 4.79 Å². The molecule has 4 heteroatoms. The molecule has 4 nitrogen and oxygen atoms in total. The lowest BCUT2D eigenvalue weighted by Gasteiger charge is -2.20. The summed E-state index contributed by atoms with van der Waals surface area (Å²) in [5.41, 5.74) is 0. The van der Waals surface area contributed by atoms with E-state index in [0.717, 1.165) is 26.2 Å². The Bertz CT molecular complexity index is 261. The van der Waals surface area contributed by atoms with Gasteiger partial charge in [0.1, 0.15) is 0 Å². The van der Waals surface area contributed by atoms with Crippen molar-refractivity contribution in [2.75, 3.05) is 32.8 Å². The molecule has 0 aromatic heterocycles. The van der Waals surface area contributed by atoms with Crippen LogP contribution in [-0.4, -0.2) is 54.6 Å². The van der Waals surface area contributed by atoms with Gasteiger partial charge in [-0.25, -0.2) is 0 Å². The monoisotopic (exact) mass is 239 g/mol. The fourth-order valence-corrected chi connectivity index (χ4v) is 2.72. The number of nitrogens with zero attached hydrogens (tertiary/aromatic N) is 2. The first kappa shape index (κ1) is 12.8. The average Bonchev–Trinajstić information content (AvgIpc) is 2.88. The molecule has 0 spiro atoms. The number of likely N-dealkylation sites (tertiary alicyclic amines) is 1. The van der Waals surface area contributed by atoms with Crippen LogP contribution in [0, 0.1) is 5.92 Å². The second-order valence-electron chi connectivity index (χ2n) is 5.69. The molecule has 17 heavy (non-hydrogen) atoms. The van der Waals surface area contributed by atoms with Crippen molar-refractivity contribution in [2.24, 2.45) is 5.92 Å². The van der Waals surface area contributed by atoms with E-state index in [4.69, 9.17) is 0 Å². The zero-order valence-corrected chi connectivity index (χ0v) is 11.1. The van der Waals surface area contributed by atoms with E-state index in [1.54, 1.807) is 0 Å². The van der Waals surface area contributed by atoms with Crippen molar-refractivity contribution in [3.8, 4) is 0 Å². The molecule has 2 aliphatic rings. The lowest BCUT2D eigenvalue weighted by molar-refractivity contribution is -0.129. The predicted molar refractivity (Wildman–Crippen MR) is 68.6 cm³/mol. The maximum absolute atomic E-state index is 12.1. The summed E-state index contributed by atoms with van der Waals surface area (Å²) in [6.07, 6.45) is 3.60. The fourth-order valence-electron chi connectivity index (χ4n) is 2.72. The molecular formula is C13H25N3O. The van der Waals surface area contributed by atoms with Crippen molar-refractivity contribution in [3.63, 3.8) is 0 Å². The highest BCUT2D eigenvalue weighted by atomic mass is 16.2. The molecule has 1 N–H and O–H groups in total. The topological polar surface area (TPSA) is 35.6 Å². The van der Waals surface area contributed by atoms with Crippen LogP contribution in [0.1, 0.15) is 33.1 Å². The smallest absolute Gasteiger partial charge is 0.240 e. The summed E-state index contributed by atoms with van der Waals surface area (Å²) >= 11 is 0. The normalized spacial score (nSPS) is 26.4. The summed E-state index contributed by atoms with van der Waals surface area (Å²) in [5.74, 6) is 0.882. The van der Waals surface area contributed by atoms with Crippen LogP contribution in [0.25, 0.3) is 0 Å². The van der Waals surface area contributed by atoms with Crippen molar-refractivity contribution in [1.82, 2.24) is 15.1 Å². The van der Waals surface area contributed by atoms with Crippen LogP contribution in [0.4, 0.5) is 0 Å². The average molecular weight is 239 g/mol. The molecule has 2 aliphatic heterocycles. The Kier molecular flexibility index (Phi) is 4.40. The third-order valence-corrected chi connectivity index (χ3v) is 3.73. The lowest BCUT2D eigenvalue weighted by Crippen LogP contribution is -2.36. The van der Waals surface area contributed by atoms with E-state index in [2.05, 4.69) is 24.1 Å². The van der Waals surface area contributed by atoms with Crippen LogP contribution in [0.15, 0.2) is 0 Å². The van der Waals surface area contributed by atoms with Crippen molar-refractivity contribution in [2.45, 2.75) is 39.2 Å². The first-order valence-corrected chi connectivity index (χ1v) is 6.91. The molecule has 0 radical (unpaired) electrons. The lowest BCUT2D eigenvalue weighted by atomic mass is 10.0. The molecule has 1 unspecified atom stereocenters. The summed E-state index contributed by atoms with van der Waals surface area (Å²) in [6.45, 7) is 9.44. The number of rotatable bonds is 5. The Morgan fingerprint density at radius 2 is 2.00 bits per heavy atom. The molecule has 0 aromatic rings. The van der Waals surface area contributed by atoms with Crippen molar-refractivity contribution in [3.05, 3.63) is 0 Å². The van der Waals surface area contributed by atoms with Gasteiger partial charge in [-0.2, -0.15) is 0 Å². The quantitative estimate of drug-likeness (QED) is 0.774. The van der Waals surface area contributed by atoms with Gasteiger partial charge in [0.05, 0.1) is 12.7 Å². The van der Waals surface area contributed by atoms with Crippen LogP contribution >= 0.6 is 0 Å².